The van der Waals surface area contributed by atoms with Crippen LogP contribution in [0, 0.1) is 0 Å². The predicted octanol–water partition coefficient (Wildman–Crippen LogP) is 1.09. The minimum Gasteiger partial charge on any atom is -0.383 e. The lowest BCUT2D eigenvalue weighted by Gasteiger charge is -1.94. The average molecular weight is 135 g/mol. The van der Waals surface area contributed by atoms with Gasteiger partial charge in [0.25, 0.3) is 0 Å². The van der Waals surface area contributed by atoms with E-state index in [9.17, 15) is 0 Å². The number of nitrogens with zero attached hydrogens (tertiary/aromatic N) is 2. The van der Waals surface area contributed by atoms with E-state index in [2.05, 4.69) is 9.97 Å². The van der Waals surface area contributed by atoms with Crippen molar-refractivity contribution in [3.63, 3.8) is 0 Å². The Kier molecular flexibility index (Phi) is 1.99. The van der Waals surface area contributed by atoms with E-state index >= 15 is 0 Å². The normalized spacial score (nSPS) is 10.5. The van der Waals surface area contributed by atoms with E-state index in [0.29, 0.717) is 5.82 Å². The molecule has 0 aliphatic heterocycles. The molecule has 10 heavy (non-hydrogen) atoms. The number of nitrogens with two attached hydrogens (primary N) is 1. The molecule has 0 radical (unpaired) electrons. The maximum atomic E-state index is 5.50. The van der Waals surface area contributed by atoms with E-state index in [0.717, 1.165) is 5.56 Å². The standard InChI is InChI=1S/C7H9N3/c1-2-3-6-4-9-5-10-7(6)8/h2-5H,1H3,(H2,8,9,10)/b3-2-. The van der Waals surface area contributed by atoms with Gasteiger partial charge in [0.1, 0.15) is 12.1 Å². The Morgan fingerprint density at radius 3 is 3.00 bits per heavy atom. The van der Waals surface area contributed by atoms with Gasteiger partial charge in [0.15, 0.2) is 0 Å². The number of anilines is 1. The molecule has 0 amide bonds. The number of allylic oxidation sites excluding steroid dienone is 1. The molecule has 0 unspecified atom stereocenters. The van der Waals surface area contributed by atoms with Crippen LogP contribution in [0.5, 0.6) is 0 Å². The van der Waals surface area contributed by atoms with Gasteiger partial charge < -0.3 is 5.73 Å². The van der Waals surface area contributed by atoms with Gasteiger partial charge in [-0.2, -0.15) is 0 Å². The van der Waals surface area contributed by atoms with Crippen LogP contribution in [-0.2, 0) is 0 Å². The van der Waals surface area contributed by atoms with Crippen LogP contribution in [-0.4, -0.2) is 9.97 Å². The van der Waals surface area contributed by atoms with Crippen molar-refractivity contribution >= 4 is 11.9 Å². The minimum absolute atomic E-state index is 0.521. The van der Waals surface area contributed by atoms with Crippen LogP contribution in [0.4, 0.5) is 5.82 Å². The van der Waals surface area contributed by atoms with Crippen LogP contribution < -0.4 is 5.73 Å². The third-order valence-electron chi connectivity index (χ3n) is 1.12. The Labute approximate surface area is 59.6 Å². The Bertz CT molecular complexity index is 242. The van der Waals surface area contributed by atoms with Crippen molar-refractivity contribution in [1.82, 2.24) is 9.97 Å². The van der Waals surface area contributed by atoms with Gasteiger partial charge in [0, 0.05) is 11.8 Å². The molecule has 0 saturated heterocycles. The molecule has 1 rings (SSSR count). The molecule has 0 aliphatic carbocycles. The highest BCUT2D eigenvalue weighted by Gasteiger charge is 1.91. The summed E-state index contributed by atoms with van der Waals surface area (Å²) in [5.74, 6) is 0.521. The highest BCUT2D eigenvalue weighted by molar-refractivity contribution is 5.58. The third-order valence-corrected chi connectivity index (χ3v) is 1.12. The quantitative estimate of drug-likeness (QED) is 0.627. The summed E-state index contributed by atoms with van der Waals surface area (Å²) in [5, 5.41) is 0. The maximum Gasteiger partial charge on any atom is 0.134 e. The monoisotopic (exact) mass is 135 g/mol. The molecule has 3 nitrogen and oxygen atoms in total. The lowest BCUT2D eigenvalue weighted by atomic mass is 10.3. The molecule has 1 aromatic rings. The highest BCUT2D eigenvalue weighted by Crippen LogP contribution is 2.05. The summed E-state index contributed by atoms with van der Waals surface area (Å²) in [6.45, 7) is 1.92. The Morgan fingerprint density at radius 2 is 2.40 bits per heavy atom. The van der Waals surface area contributed by atoms with E-state index in [1.807, 2.05) is 19.1 Å². The van der Waals surface area contributed by atoms with Crippen molar-refractivity contribution in [2.24, 2.45) is 0 Å². The van der Waals surface area contributed by atoms with Crippen LogP contribution in [0.2, 0.25) is 0 Å². The molecule has 1 heterocycles. The van der Waals surface area contributed by atoms with E-state index in [-0.39, 0.29) is 0 Å². The predicted molar refractivity (Wildman–Crippen MR) is 41.2 cm³/mol. The number of nitrogen functional groups attached to an aromatic ring is 1. The first-order valence-corrected chi connectivity index (χ1v) is 3.02. The molecule has 1 aromatic heterocycles. The molecule has 0 aromatic carbocycles. The summed E-state index contributed by atoms with van der Waals surface area (Å²) in [6, 6.07) is 0. The van der Waals surface area contributed by atoms with Crippen LogP contribution in [0.25, 0.3) is 6.08 Å². The molecule has 0 fully saturated rings. The van der Waals surface area contributed by atoms with E-state index in [1.165, 1.54) is 6.33 Å². The van der Waals surface area contributed by atoms with Gasteiger partial charge in [-0.1, -0.05) is 12.2 Å². The average Bonchev–Trinajstić information content (AvgIpc) is 1.94. The van der Waals surface area contributed by atoms with Crippen molar-refractivity contribution in [1.29, 1.82) is 0 Å². The fourth-order valence-electron chi connectivity index (χ4n) is 0.658. The lowest BCUT2D eigenvalue weighted by molar-refractivity contribution is 1.17. The van der Waals surface area contributed by atoms with E-state index in [4.69, 9.17) is 5.73 Å². The zero-order valence-corrected chi connectivity index (χ0v) is 5.78. The van der Waals surface area contributed by atoms with E-state index in [1.54, 1.807) is 6.20 Å². The Morgan fingerprint density at radius 1 is 1.60 bits per heavy atom. The SMILES string of the molecule is C/C=C\c1cncnc1N. The minimum atomic E-state index is 0.521. The van der Waals surface area contributed by atoms with Gasteiger partial charge in [-0.05, 0) is 6.92 Å². The second kappa shape index (κ2) is 2.96. The molecule has 2 N–H and O–H groups in total. The molecule has 3 heteroatoms. The Hall–Kier alpha value is -1.38. The lowest BCUT2D eigenvalue weighted by Crippen LogP contribution is -1.93. The van der Waals surface area contributed by atoms with Gasteiger partial charge in [-0.15, -0.1) is 0 Å². The molecule has 0 spiro atoms. The van der Waals surface area contributed by atoms with Gasteiger partial charge in [0.05, 0.1) is 0 Å². The maximum absolute atomic E-state index is 5.50. The second-order valence-electron chi connectivity index (χ2n) is 1.86. The van der Waals surface area contributed by atoms with Crippen molar-refractivity contribution < 1.29 is 0 Å². The summed E-state index contributed by atoms with van der Waals surface area (Å²) in [7, 11) is 0. The first-order chi connectivity index (χ1) is 4.84. The van der Waals surface area contributed by atoms with Gasteiger partial charge >= 0.3 is 0 Å². The molecular formula is C7H9N3. The molecule has 0 saturated carbocycles. The smallest absolute Gasteiger partial charge is 0.134 e. The van der Waals surface area contributed by atoms with Crippen molar-refractivity contribution in [3.8, 4) is 0 Å². The summed E-state index contributed by atoms with van der Waals surface area (Å²) < 4.78 is 0. The van der Waals surface area contributed by atoms with Crippen LogP contribution in [0.15, 0.2) is 18.6 Å². The number of hydrogen-bond acceptors (Lipinski definition) is 3. The first kappa shape index (κ1) is 6.74. The fourth-order valence-corrected chi connectivity index (χ4v) is 0.658. The largest absolute Gasteiger partial charge is 0.383 e. The zero-order valence-electron chi connectivity index (χ0n) is 5.78. The van der Waals surface area contributed by atoms with Gasteiger partial charge in [0.2, 0.25) is 0 Å². The second-order valence-corrected chi connectivity index (χ2v) is 1.86. The number of rotatable bonds is 1. The summed E-state index contributed by atoms with van der Waals surface area (Å²) in [6.07, 6.45) is 6.88. The van der Waals surface area contributed by atoms with Crippen LogP contribution in [0.3, 0.4) is 0 Å². The zero-order chi connectivity index (χ0) is 7.40. The van der Waals surface area contributed by atoms with Crippen molar-refractivity contribution in [2.45, 2.75) is 6.92 Å². The highest BCUT2D eigenvalue weighted by atomic mass is 14.9. The van der Waals surface area contributed by atoms with E-state index < -0.39 is 0 Å². The Balaban J connectivity index is 3.03. The van der Waals surface area contributed by atoms with Crippen LogP contribution in [0.1, 0.15) is 12.5 Å². The molecule has 0 bridgehead atoms. The van der Waals surface area contributed by atoms with Crippen LogP contribution >= 0.6 is 0 Å². The summed E-state index contributed by atoms with van der Waals surface area (Å²) in [5.41, 5.74) is 6.37. The van der Waals surface area contributed by atoms with Crippen molar-refractivity contribution in [3.05, 3.63) is 24.2 Å². The van der Waals surface area contributed by atoms with Gasteiger partial charge in [-0.3, -0.25) is 0 Å². The summed E-state index contributed by atoms with van der Waals surface area (Å²) >= 11 is 0. The van der Waals surface area contributed by atoms with Crippen molar-refractivity contribution in [2.75, 3.05) is 5.73 Å². The molecule has 0 aliphatic rings. The van der Waals surface area contributed by atoms with Gasteiger partial charge in [-0.25, -0.2) is 9.97 Å². The third kappa shape index (κ3) is 1.31. The number of hydrogen-bond donors (Lipinski definition) is 1. The summed E-state index contributed by atoms with van der Waals surface area (Å²) in [4.78, 5) is 7.63. The fraction of sp³-hybridized carbons (Fsp3) is 0.143. The first-order valence-electron chi connectivity index (χ1n) is 3.02. The molecule has 0 atom stereocenters. The topological polar surface area (TPSA) is 51.8 Å². The molecule has 52 valence electrons. The number of aromatic nitrogens is 2. The molecular weight excluding hydrogens is 126 g/mol.